The molecule has 1 atom stereocenters. The number of fused-ring (bicyclic) bond motifs is 1. The van der Waals surface area contributed by atoms with Gasteiger partial charge in [0, 0.05) is 45.3 Å². The van der Waals surface area contributed by atoms with E-state index in [9.17, 15) is 9.59 Å². The number of hydrogen-bond donors (Lipinski definition) is 0. The Kier molecular flexibility index (Phi) is 8.06. The van der Waals surface area contributed by atoms with Crippen molar-refractivity contribution < 1.29 is 14.3 Å². The van der Waals surface area contributed by atoms with Gasteiger partial charge in [-0.3, -0.25) is 19.5 Å². The molecule has 0 aliphatic carbocycles. The topological polar surface area (TPSA) is 66.0 Å². The molecule has 2 aliphatic heterocycles. The van der Waals surface area contributed by atoms with Gasteiger partial charge in [0.05, 0.1) is 17.8 Å². The monoisotopic (exact) mass is 478 g/mol. The second kappa shape index (κ2) is 11.2. The fourth-order valence-electron chi connectivity index (χ4n) is 5.58. The Morgan fingerprint density at radius 2 is 1.86 bits per heavy atom. The molecule has 4 rings (SSSR count). The smallest absolute Gasteiger partial charge is 0.257 e. The average molecular weight is 479 g/mol. The largest absolute Gasteiger partial charge is 0.491 e. The van der Waals surface area contributed by atoms with Gasteiger partial charge in [-0.2, -0.15) is 0 Å². The minimum atomic E-state index is -0.116. The van der Waals surface area contributed by atoms with Crippen molar-refractivity contribution in [3.8, 4) is 5.75 Å². The Hall–Kier alpha value is -2.93. The van der Waals surface area contributed by atoms with Gasteiger partial charge in [-0.15, -0.1) is 0 Å². The molecular formula is C28H38N4O3. The summed E-state index contributed by atoms with van der Waals surface area (Å²) in [7, 11) is 1.91. The number of nitrogens with zero attached hydrogens (tertiary/aromatic N) is 4. The Bertz CT molecular complexity index is 1040. The van der Waals surface area contributed by atoms with E-state index >= 15 is 0 Å². The normalized spacial score (nSPS) is 22.5. The Balaban J connectivity index is 1.64. The Morgan fingerprint density at radius 1 is 1.06 bits per heavy atom. The molecule has 1 spiro atoms. The van der Waals surface area contributed by atoms with E-state index in [1.807, 2.05) is 53.4 Å². The van der Waals surface area contributed by atoms with Crippen molar-refractivity contribution in [1.29, 1.82) is 0 Å². The number of likely N-dealkylation sites (N-methyl/N-ethyl adjacent to an activating group) is 1. The number of carbonyl (C=O) groups excluding carboxylic acids is 2. The molecule has 0 N–H and O–H groups in total. The molecule has 1 aromatic carbocycles. The number of likely N-dealkylation sites (tertiary alicyclic amines) is 1. The zero-order valence-electron chi connectivity index (χ0n) is 21.3. The summed E-state index contributed by atoms with van der Waals surface area (Å²) in [6.07, 6.45) is 6.94. The first-order valence-electron chi connectivity index (χ1n) is 12.8. The maximum Gasteiger partial charge on any atom is 0.257 e. The molecular weight excluding hydrogens is 440 g/mol. The van der Waals surface area contributed by atoms with Crippen LogP contribution < -0.4 is 4.74 Å². The van der Waals surface area contributed by atoms with Gasteiger partial charge in [-0.05, 0) is 69.3 Å². The third-order valence-electron chi connectivity index (χ3n) is 7.58. The van der Waals surface area contributed by atoms with Crippen LogP contribution in [0.3, 0.4) is 0 Å². The number of aromatic nitrogens is 1. The summed E-state index contributed by atoms with van der Waals surface area (Å²) in [5, 5.41) is 0. The number of aryl methyl sites for hydroxylation is 1. The van der Waals surface area contributed by atoms with Crippen LogP contribution in [0.2, 0.25) is 0 Å². The van der Waals surface area contributed by atoms with E-state index in [1.54, 1.807) is 6.92 Å². The molecule has 1 saturated heterocycles. The van der Waals surface area contributed by atoms with Crippen molar-refractivity contribution >= 4 is 11.8 Å². The van der Waals surface area contributed by atoms with Gasteiger partial charge in [0.15, 0.2) is 0 Å². The lowest BCUT2D eigenvalue weighted by Gasteiger charge is -2.42. The van der Waals surface area contributed by atoms with Gasteiger partial charge in [-0.25, -0.2) is 0 Å². The molecule has 2 aliphatic rings. The highest BCUT2D eigenvalue weighted by molar-refractivity contribution is 5.96. The Labute approximate surface area is 209 Å². The van der Waals surface area contributed by atoms with Gasteiger partial charge in [0.2, 0.25) is 5.91 Å². The summed E-state index contributed by atoms with van der Waals surface area (Å²) in [6.45, 7) is 7.78. The first-order chi connectivity index (χ1) is 16.9. The highest BCUT2D eigenvalue weighted by Gasteiger charge is 2.42. The highest BCUT2D eigenvalue weighted by Crippen LogP contribution is 2.37. The van der Waals surface area contributed by atoms with Crippen molar-refractivity contribution in [3.05, 3.63) is 59.4 Å². The van der Waals surface area contributed by atoms with Crippen molar-refractivity contribution in [2.45, 2.75) is 58.0 Å². The van der Waals surface area contributed by atoms with Gasteiger partial charge >= 0.3 is 0 Å². The number of hydrogen-bond acceptors (Lipinski definition) is 5. The van der Waals surface area contributed by atoms with Crippen LogP contribution in [0, 0.1) is 6.92 Å². The predicted octanol–water partition coefficient (Wildman–Crippen LogP) is 3.91. The van der Waals surface area contributed by atoms with Crippen LogP contribution in [0.15, 0.2) is 42.6 Å². The summed E-state index contributed by atoms with van der Waals surface area (Å²) in [5.74, 6) is 0.611. The van der Waals surface area contributed by atoms with Crippen LogP contribution in [-0.2, 0) is 11.3 Å². The number of ether oxygens (including phenoxy) is 1. The molecule has 2 amide bonds. The molecule has 1 fully saturated rings. The standard InChI is InChI=1S/C28H38N4O3/c1-22-10-8-15-29-25(22)20-32-17-9-14-28(32)13-6-7-16-31(23(2)33)18-19-35-26-12-5-4-11-24(26)27(34)30(3)21-28/h4-5,8,10-12,15H,6-7,9,13-14,16-21H2,1-3H3/t28-/m1/s1. The molecule has 0 unspecified atom stereocenters. The van der Waals surface area contributed by atoms with E-state index in [0.29, 0.717) is 31.0 Å². The molecule has 0 radical (unpaired) electrons. The van der Waals surface area contributed by atoms with Crippen molar-refractivity contribution in [3.63, 3.8) is 0 Å². The summed E-state index contributed by atoms with van der Waals surface area (Å²) in [4.78, 5) is 36.7. The lowest BCUT2D eigenvalue weighted by Crippen LogP contribution is -2.52. The predicted molar refractivity (Wildman–Crippen MR) is 136 cm³/mol. The quantitative estimate of drug-likeness (QED) is 0.655. The number of para-hydroxylation sites is 1. The third kappa shape index (κ3) is 5.84. The van der Waals surface area contributed by atoms with E-state index in [1.165, 1.54) is 5.56 Å². The van der Waals surface area contributed by atoms with Crippen LogP contribution >= 0.6 is 0 Å². The number of rotatable bonds is 2. The highest BCUT2D eigenvalue weighted by atomic mass is 16.5. The van der Waals surface area contributed by atoms with E-state index in [0.717, 1.165) is 57.4 Å². The molecule has 0 saturated carbocycles. The molecule has 1 aromatic heterocycles. The minimum Gasteiger partial charge on any atom is -0.491 e. The van der Waals surface area contributed by atoms with Crippen molar-refractivity contribution in [2.24, 2.45) is 0 Å². The van der Waals surface area contributed by atoms with Crippen LogP contribution in [0.4, 0.5) is 0 Å². The fourth-order valence-corrected chi connectivity index (χ4v) is 5.58. The third-order valence-corrected chi connectivity index (χ3v) is 7.58. The second-order valence-corrected chi connectivity index (χ2v) is 9.99. The van der Waals surface area contributed by atoms with Crippen LogP contribution in [-0.4, -0.2) is 76.9 Å². The van der Waals surface area contributed by atoms with E-state index < -0.39 is 0 Å². The summed E-state index contributed by atoms with van der Waals surface area (Å²) >= 11 is 0. The molecule has 3 heterocycles. The van der Waals surface area contributed by atoms with E-state index in [4.69, 9.17) is 4.74 Å². The van der Waals surface area contributed by atoms with Crippen molar-refractivity contribution in [2.75, 3.05) is 39.8 Å². The molecule has 0 bridgehead atoms. The van der Waals surface area contributed by atoms with E-state index in [-0.39, 0.29) is 17.4 Å². The zero-order chi connectivity index (χ0) is 24.8. The lowest BCUT2D eigenvalue weighted by atomic mass is 9.88. The number of pyridine rings is 1. The van der Waals surface area contributed by atoms with Gasteiger partial charge in [0.1, 0.15) is 12.4 Å². The molecule has 7 heteroatoms. The van der Waals surface area contributed by atoms with Gasteiger partial charge < -0.3 is 14.5 Å². The van der Waals surface area contributed by atoms with Crippen LogP contribution in [0.5, 0.6) is 5.75 Å². The zero-order valence-corrected chi connectivity index (χ0v) is 21.3. The fraction of sp³-hybridized carbons (Fsp3) is 0.536. The van der Waals surface area contributed by atoms with Crippen LogP contribution in [0.25, 0.3) is 0 Å². The molecule has 7 nitrogen and oxygen atoms in total. The maximum atomic E-state index is 13.6. The summed E-state index contributed by atoms with van der Waals surface area (Å²) in [6, 6.07) is 11.5. The summed E-state index contributed by atoms with van der Waals surface area (Å²) in [5.41, 5.74) is 2.75. The number of carbonyl (C=O) groups is 2. The molecule has 188 valence electrons. The number of amides is 2. The van der Waals surface area contributed by atoms with Crippen molar-refractivity contribution in [1.82, 2.24) is 19.7 Å². The van der Waals surface area contributed by atoms with Gasteiger partial charge in [0.25, 0.3) is 5.91 Å². The second-order valence-electron chi connectivity index (χ2n) is 9.99. The van der Waals surface area contributed by atoms with E-state index in [2.05, 4.69) is 22.9 Å². The molecule has 35 heavy (non-hydrogen) atoms. The maximum absolute atomic E-state index is 13.6. The number of benzene rings is 1. The average Bonchev–Trinajstić information content (AvgIpc) is 3.22. The van der Waals surface area contributed by atoms with Crippen LogP contribution in [0.1, 0.15) is 60.6 Å². The lowest BCUT2D eigenvalue weighted by molar-refractivity contribution is -0.129. The summed E-state index contributed by atoms with van der Waals surface area (Å²) < 4.78 is 6.00. The first kappa shape index (κ1) is 25.2. The van der Waals surface area contributed by atoms with Gasteiger partial charge in [-0.1, -0.05) is 18.2 Å². The minimum absolute atomic E-state index is 0.0266. The molecule has 2 aromatic rings. The first-order valence-corrected chi connectivity index (χ1v) is 12.8. The SMILES string of the molecule is CC(=O)N1CCCC[C@@]2(CCCN2Cc2ncccc2C)CN(C)C(=O)c2ccccc2OCC1. The Morgan fingerprint density at radius 3 is 2.66 bits per heavy atom.